The lowest BCUT2D eigenvalue weighted by molar-refractivity contribution is 0.669. The van der Waals surface area contributed by atoms with Gasteiger partial charge in [-0.25, -0.2) is 15.0 Å². The molecule has 4 nitrogen and oxygen atoms in total. The van der Waals surface area contributed by atoms with Gasteiger partial charge in [0.05, 0.1) is 6.85 Å². The summed E-state index contributed by atoms with van der Waals surface area (Å²) in [6.45, 7) is 0. The van der Waals surface area contributed by atoms with Crippen LogP contribution in [0.2, 0.25) is 0 Å². The van der Waals surface area contributed by atoms with Gasteiger partial charge in [0, 0.05) is 47.6 Å². The topological polar surface area (TPSA) is 51.8 Å². The number of fused-ring (bicyclic) bond motifs is 6. The minimum atomic E-state index is -0.429. The smallest absolute Gasteiger partial charge is 0.165 e. The average molecular weight is 587 g/mol. The van der Waals surface area contributed by atoms with E-state index in [9.17, 15) is 0 Å². The van der Waals surface area contributed by atoms with Crippen molar-refractivity contribution in [1.82, 2.24) is 15.0 Å². The summed E-state index contributed by atoms with van der Waals surface area (Å²) in [5.41, 5.74) is 4.30. The first-order chi connectivity index (χ1) is 23.9. The largest absolute Gasteiger partial charge is 0.456 e. The van der Waals surface area contributed by atoms with Crippen molar-refractivity contribution in [3.05, 3.63) is 139 Å². The number of furan rings is 1. The van der Waals surface area contributed by atoms with Crippen molar-refractivity contribution in [3.8, 4) is 45.3 Å². The van der Waals surface area contributed by atoms with Crippen LogP contribution in [-0.4, -0.2) is 15.0 Å². The zero-order valence-corrected chi connectivity index (χ0v) is 23.9. The van der Waals surface area contributed by atoms with E-state index in [-0.39, 0.29) is 29.7 Å². The molecule has 0 atom stereocenters. The maximum atomic E-state index is 8.57. The van der Waals surface area contributed by atoms with Crippen LogP contribution in [0.25, 0.3) is 87.4 Å². The van der Waals surface area contributed by atoms with Crippen molar-refractivity contribution in [1.29, 1.82) is 0 Å². The molecule has 9 rings (SSSR count). The zero-order chi connectivity index (χ0) is 33.4. The Morgan fingerprint density at radius 3 is 2.14 bits per heavy atom. The summed E-state index contributed by atoms with van der Waals surface area (Å²) in [7, 11) is 0. The highest BCUT2D eigenvalue weighted by Gasteiger charge is 2.20. The number of nitrogens with zero attached hydrogens (tertiary/aromatic N) is 3. The molecule has 3 aromatic heterocycles. The molecule has 9 aromatic rings. The summed E-state index contributed by atoms with van der Waals surface area (Å²) in [5.74, 6) is 1.54. The van der Waals surface area contributed by atoms with Crippen molar-refractivity contribution < 1.29 is 11.3 Å². The number of hydrogen-bond acceptors (Lipinski definition) is 5. The second kappa shape index (κ2) is 9.97. The van der Waals surface area contributed by atoms with E-state index in [0.29, 0.717) is 39.6 Å². The van der Waals surface area contributed by atoms with Crippen LogP contribution in [0.15, 0.2) is 144 Å². The van der Waals surface area contributed by atoms with E-state index < -0.39 is 6.04 Å². The number of hydrogen-bond donors (Lipinski definition) is 0. The third-order valence-corrected chi connectivity index (χ3v) is 9.06. The van der Waals surface area contributed by atoms with Gasteiger partial charge in [-0.15, -0.1) is 11.3 Å². The molecule has 0 fully saturated rings. The summed E-state index contributed by atoms with van der Waals surface area (Å²) >= 11 is 1.71. The van der Waals surface area contributed by atoms with Crippen LogP contribution in [0, 0.1) is 0 Å². The minimum absolute atomic E-state index is 0.130. The van der Waals surface area contributed by atoms with E-state index >= 15 is 0 Å². The van der Waals surface area contributed by atoms with Crippen molar-refractivity contribution in [3.63, 3.8) is 0 Å². The molecule has 6 aromatic carbocycles. The third kappa shape index (κ3) is 4.02. The molecule has 0 spiro atoms. The zero-order valence-electron chi connectivity index (χ0n) is 28.1. The maximum absolute atomic E-state index is 8.57. The first kappa shape index (κ1) is 20.3. The molecule has 0 aliphatic carbocycles. The fraction of sp³-hybridized carbons (Fsp3) is 0. The van der Waals surface area contributed by atoms with Crippen LogP contribution in [0.3, 0.4) is 0 Å². The number of thiophene rings is 1. The molecule has 44 heavy (non-hydrogen) atoms. The molecule has 0 amide bonds. The minimum Gasteiger partial charge on any atom is -0.456 e. The Balaban J connectivity index is 1.31. The molecular weight excluding hydrogens is 559 g/mol. The van der Waals surface area contributed by atoms with E-state index in [1.165, 1.54) is 10.1 Å². The van der Waals surface area contributed by atoms with Crippen LogP contribution in [0.4, 0.5) is 0 Å². The van der Waals surface area contributed by atoms with E-state index in [4.69, 9.17) is 26.2 Å². The number of aromatic nitrogens is 3. The lowest BCUT2D eigenvalue weighted by Crippen LogP contribution is -2.00. The molecule has 0 unspecified atom stereocenters. The van der Waals surface area contributed by atoms with Crippen LogP contribution in [-0.2, 0) is 0 Å². The molecule has 0 saturated heterocycles. The lowest BCUT2D eigenvalue weighted by Gasteiger charge is -2.10. The Kier molecular flexibility index (Phi) is 4.60. The quantitative estimate of drug-likeness (QED) is 0.206. The Morgan fingerprint density at radius 2 is 1.25 bits per heavy atom. The second-order valence-corrected chi connectivity index (χ2v) is 11.5. The second-order valence-electron chi connectivity index (χ2n) is 10.4. The van der Waals surface area contributed by atoms with Crippen LogP contribution in [0.1, 0.15) is 6.85 Å². The summed E-state index contributed by atoms with van der Waals surface area (Å²) in [5, 5.41) is 3.79. The highest BCUT2D eigenvalue weighted by atomic mass is 32.1. The fourth-order valence-electron chi connectivity index (χ4n) is 5.82. The van der Waals surface area contributed by atoms with Crippen molar-refractivity contribution in [2.24, 2.45) is 0 Å². The first-order valence-electron chi connectivity index (χ1n) is 16.6. The van der Waals surface area contributed by atoms with E-state index in [2.05, 4.69) is 24.3 Å². The standard InChI is InChI=1S/C39H23N3OS/c1-3-11-24(12-4-1)26-21-22-32-31(23-26)35-29(17-10-19-33(35)43-32)38-40-37(25-13-5-2-6-14-25)41-39(42-38)30-18-9-16-28-27-15-7-8-20-34(27)44-36(28)30/h1-23H/i1D,3D,4D,11D,12D. The van der Waals surface area contributed by atoms with E-state index in [1.807, 2.05) is 72.8 Å². The van der Waals surface area contributed by atoms with Crippen molar-refractivity contribution in [2.45, 2.75) is 0 Å². The Bertz CT molecular complexity index is 2770. The summed E-state index contributed by atoms with van der Waals surface area (Å²) in [6.07, 6.45) is 0. The summed E-state index contributed by atoms with van der Waals surface area (Å²) < 4.78 is 50.2. The predicted molar refractivity (Wildman–Crippen MR) is 182 cm³/mol. The highest BCUT2D eigenvalue weighted by molar-refractivity contribution is 7.26. The first-order valence-corrected chi connectivity index (χ1v) is 14.9. The van der Waals surface area contributed by atoms with Gasteiger partial charge in [-0.3, -0.25) is 0 Å². The molecule has 206 valence electrons. The van der Waals surface area contributed by atoms with Crippen LogP contribution < -0.4 is 0 Å². The van der Waals surface area contributed by atoms with Gasteiger partial charge in [-0.1, -0.05) is 109 Å². The van der Waals surface area contributed by atoms with Gasteiger partial charge in [-0.2, -0.15) is 0 Å². The molecule has 0 aliphatic heterocycles. The predicted octanol–water partition coefficient (Wildman–Crippen LogP) is 10.8. The molecular formula is C39H23N3OS. The molecule has 5 heteroatoms. The summed E-state index contributed by atoms with van der Waals surface area (Å²) in [6, 6.07) is 33.7. The lowest BCUT2D eigenvalue weighted by atomic mass is 10.0. The molecule has 0 bridgehead atoms. The Morgan fingerprint density at radius 1 is 0.523 bits per heavy atom. The van der Waals surface area contributed by atoms with Gasteiger partial charge >= 0.3 is 0 Å². The molecule has 3 heterocycles. The molecule has 0 saturated carbocycles. The van der Waals surface area contributed by atoms with Crippen molar-refractivity contribution >= 4 is 53.4 Å². The van der Waals surface area contributed by atoms with E-state index in [0.717, 1.165) is 32.2 Å². The molecule has 0 N–H and O–H groups in total. The molecule has 0 radical (unpaired) electrons. The van der Waals surface area contributed by atoms with Gasteiger partial charge in [-0.05, 0) is 41.5 Å². The average Bonchev–Trinajstić information content (AvgIpc) is 3.72. The maximum Gasteiger partial charge on any atom is 0.165 e. The fourth-order valence-corrected chi connectivity index (χ4v) is 7.03. The Hall–Kier alpha value is -5.65. The SMILES string of the molecule is [2H]c1c([2H])c([2H])c(-c2ccc3oc4cccc(-c5nc(-c6ccccc6)nc(-c6cccc7c6sc6ccccc67)n5)c4c3c2)c([2H])c1[2H]. The van der Waals surface area contributed by atoms with Gasteiger partial charge in [0.2, 0.25) is 0 Å². The van der Waals surface area contributed by atoms with Crippen molar-refractivity contribution in [2.75, 3.05) is 0 Å². The van der Waals surface area contributed by atoms with Crippen LogP contribution in [0.5, 0.6) is 0 Å². The van der Waals surface area contributed by atoms with Gasteiger partial charge in [0.15, 0.2) is 17.5 Å². The van der Waals surface area contributed by atoms with E-state index in [1.54, 1.807) is 23.5 Å². The van der Waals surface area contributed by atoms with Crippen LogP contribution >= 0.6 is 11.3 Å². The Labute approximate surface area is 264 Å². The van der Waals surface area contributed by atoms with Gasteiger partial charge in [0.1, 0.15) is 11.2 Å². The highest BCUT2D eigenvalue weighted by Crippen LogP contribution is 2.41. The summed E-state index contributed by atoms with van der Waals surface area (Å²) in [4.78, 5) is 15.1. The van der Waals surface area contributed by atoms with Gasteiger partial charge in [0.25, 0.3) is 0 Å². The number of rotatable bonds is 4. The monoisotopic (exact) mass is 586 g/mol. The van der Waals surface area contributed by atoms with Gasteiger partial charge < -0.3 is 4.42 Å². The molecule has 0 aliphatic rings. The number of benzene rings is 6. The normalized spacial score (nSPS) is 13.2. The third-order valence-electron chi connectivity index (χ3n) is 7.84.